The van der Waals surface area contributed by atoms with Crippen molar-refractivity contribution in [3.8, 4) is 5.75 Å². The zero-order chi connectivity index (χ0) is 15.7. The second-order valence-corrected chi connectivity index (χ2v) is 5.90. The molecule has 3 aromatic rings. The Morgan fingerprint density at radius 1 is 1.27 bits per heavy atom. The highest BCUT2D eigenvalue weighted by atomic mass is 79.9. The Labute approximate surface area is 136 Å². The van der Waals surface area contributed by atoms with Crippen LogP contribution in [0.5, 0.6) is 5.75 Å². The van der Waals surface area contributed by atoms with E-state index >= 15 is 0 Å². The lowest BCUT2D eigenvalue weighted by Gasteiger charge is -2.19. The van der Waals surface area contributed by atoms with Gasteiger partial charge in [-0.15, -0.1) is 0 Å². The number of rotatable bonds is 3. The molecule has 0 amide bonds. The normalized spacial score (nSPS) is 12.3. The number of fused-ring (bicyclic) bond motifs is 1. The van der Waals surface area contributed by atoms with Crippen LogP contribution < -0.4 is 10.3 Å². The van der Waals surface area contributed by atoms with Gasteiger partial charge in [0.25, 0.3) is 5.56 Å². The van der Waals surface area contributed by atoms with Crippen molar-refractivity contribution in [1.82, 2.24) is 9.55 Å². The summed E-state index contributed by atoms with van der Waals surface area (Å²) in [6.45, 7) is 1.99. The summed E-state index contributed by atoms with van der Waals surface area (Å²) >= 11 is 3.48. The fourth-order valence-electron chi connectivity index (χ4n) is 2.59. The van der Waals surface area contributed by atoms with Gasteiger partial charge in [0.15, 0.2) is 0 Å². The van der Waals surface area contributed by atoms with Crippen molar-refractivity contribution in [1.29, 1.82) is 0 Å². The van der Waals surface area contributed by atoms with Crippen LogP contribution in [0.4, 0.5) is 0 Å². The molecule has 0 fully saturated rings. The van der Waals surface area contributed by atoms with Crippen LogP contribution >= 0.6 is 15.9 Å². The second kappa shape index (κ2) is 5.93. The van der Waals surface area contributed by atoms with Gasteiger partial charge in [0.2, 0.25) is 0 Å². The maximum atomic E-state index is 12.4. The van der Waals surface area contributed by atoms with Crippen LogP contribution in [0, 0.1) is 0 Å². The number of hydrogen-bond acceptors (Lipinski definition) is 3. The zero-order valence-corrected chi connectivity index (χ0v) is 13.9. The van der Waals surface area contributed by atoms with Crippen molar-refractivity contribution in [3.63, 3.8) is 0 Å². The molecule has 0 aliphatic carbocycles. The molecule has 0 N–H and O–H groups in total. The fourth-order valence-corrected chi connectivity index (χ4v) is 3.11. The van der Waals surface area contributed by atoms with Gasteiger partial charge in [-0.25, -0.2) is 0 Å². The van der Waals surface area contributed by atoms with Gasteiger partial charge >= 0.3 is 0 Å². The summed E-state index contributed by atoms with van der Waals surface area (Å²) in [5, 5.41) is 0.975. The summed E-state index contributed by atoms with van der Waals surface area (Å²) in [7, 11) is 1.61. The van der Waals surface area contributed by atoms with Crippen LogP contribution in [-0.4, -0.2) is 16.7 Å². The van der Waals surface area contributed by atoms with Gasteiger partial charge in [-0.2, -0.15) is 0 Å². The van der Waals surface area contributed by atoms with Gasteiger partial charge in [-0.05, 0) is 52.0 Å². The second-order valence-electron chi connectivity index (χ2n) is 5.05. The average Bonchev–Trinajstić information content (AvgIpc) is 2.55. The van der Waals surface area contributed by atoms with E-state index in [1.165, 1.54) is 0 Å². The summed E-state index contributed by atoms with van der Waals surface area (Å²) in [6.07, 6.45) is 3.51. The molecule has 3 rings (SSSR count). The Morgan fingerprint density at radius 3 is 2.77 bits per heavy atom. The number of methoxy groups -OCH3 is 1. The van der Waals surface area contributed by atoms with E-state index in [0.717, 1.165) is 20.9 Å². The number of nitrogens with zero attached hydrogens (tertiary/aromatic N) is 2. The average molecular weight is 359 g/mol. The van der Waals surface area contributed by atoms with Crippen molar-refractivity contribution in [2.75, 3.05) is 7.11 Å². The maximum absolute atomic E-state index is 12.4. The summed E-state index contributed by atoms with van der Waals surface area (Å²) in [4.78, 5) is 16.6. The van der Waals surface area contributed by atoms with Crippen molar-refractivity contribution in [2.45, 2.75) is 13.0 Å². The van der Waals surface area contributed by atoms with Crippen molar-refractivity contribution < 1.29 is 4.74 Å². The lowest BCUT2D eigenvalue weighted by molar-refractivity contribution is 0.412. The molecule has 112 valence electrons. The minimum Gasteiger partial charge on any atom is -0.495 e. The zero-order valence-electron chi connectivity index (χ0n) is 12.3. The number of hydrogen-bond donors (Lipinski definition) is 0. The molecular formula is C17H15BrN2O2. The Morgan fingerprint density at radius 2 is 2.09 bits per heavy atom. The highest BCUT2D eigenvalue weighted by Crippen LogP contribution is 2.31. The summed E-state index contributed by atoms with van der Waals surface area (Å²) in [5.41, 5.74) is 1.77. The standard InChI is InChI=1S/C17H15BrN2O2/c1-11(13-4-3-7-19-10-13)20-15-9-16(22-2)14(18)8-12(15)5-6-17(20)21/h3-11H,1-2H3. The molecule has 0 spiro atoms. The van der Waals surface area contributed by atoms with Crippen LogP contribution in [-0.2, 0) is 0 Å². The summed E-state index contributed by atoms with van der Waals surface area (Å²) in [6, 6.07) is 11.0. The van der Waals surface area contributed by atoms with E-state index in [0.29, 0.717) is 5.75 Å². The monoisotopic (exact) mass is 358 g/mol. The minimum atomic E-state index is -0.115. The van der Waals surface area contributed by atoms with Crippen LogP contribution in [0.2, 0.25) is 0 Å². The molecule has 2 aromatic heterocycles. The molecule has 0 radical (unpaired) electrons. The van der Waals surface area contributed by atoms with Gasteiger partial charge in [-0.3, -0.25) is 9.78 Å². The first kappa shape index (κ1) is 14.8. The molecule has 1 aromatic carbocycles. The molecular weight excluding hydrogens is 344 g/mol. The van der Waals surface area contributed by atoms with Crippen molar-refractivity contribution in [3.05, 3.63) is 69.2 Å². The maximum Gasteiger partial charge on any atom is 0.251 e. The molecule has 0 aliphatic rings. The van der Waals surface area contributed by atoms with E-state index in [2.05, 4.69) is 20.9 Å². The topological polar surface area (TPSA) is 44.1 Å². The Bertz CT molecular complexity index is 875. The lowest BCUT2D eigenvalue weighted by atomic mass is 10.1. The smallest absolute Gasteiger partial charge is 0.251 e. The van der Waals surface area contributed by atoms with Crippen molar-refractivity contribution in [2.24, 2.45) is 0 Å². The largest absolute Gasteiger partial charge is 0.495 e. The number of benzene rings is 1. The molecule has 1 atom stereocenters. The van der Waals surface area contributed by atoms with Gasteiger partial charge in [-0.1, -0.05) is 6.07 Å². The van der Waals surface area contributed by atoms with E-state index in [-0.39, 0.29) is 11.6 Å². The molecule has 0 saturated carbocycles. The number of aromatic nitrogens is 2. The first-order valence-corrected chi connectivity index (χ1v) is 7.70. The number of ether oxygens (including phenoxy) is 1. The Kier molecular flexibility index (Phi) is 3.98. The SMILES string of the molecule is COc1cc2c(ccc(=O)n2C(C)c2cccnc2)cc1Br. The van der Waals surface area contributed by atoms with E-state index in [9.17, 15) is 4.79 Å². The molecule has 0 saturated heterocycles. The first-order chi connectivity index (χ1) is 10.6. The van der Waals surface area contributed by atoms with E-state index < -0.39 is 0 Å². The van der Waals surface area contributed by atoms with Crippen LogP contribution in [0.3, 0.4) is 0 Å². The highest BCUT2D eigenvalue weighted by molar-refractivity contribution is 9.10. The molecule has 4 nitrogen and oxygen atoms in total. The Hall–Kier alpha value is -2.14. The molecule has 0 bridgehead atoms. The lowest BCUT2D eigenvalue weighted by Crippen LogP contribution is -2.23. The molecule has 0 aliphatic heterocycles. The third-order valence-electron chi connectivity index (χ3n) is 3.76. The number of halogens is 1. The van der Waals surface area contributed by atoms with Crippen LogP contribution in [0.25, 0.3) is 10.9 Å². The fraction of sp³-hybridized carbons (Fsp3) is 0.176. The van der Waals surface area contributed by atoms with E-state index in [1.807, 2.05) is 37.3 Å². The van der Waals surface area contributed by atoms with Crippen LogP contribution in [0.1, 0.15) is 18.5 Å². The van der Waals surface area contributed by atoms with E-state index in [1.54, 1.807) is 30.1 Å². The van der Waals surface area contributed by atoms with Crippen LogP contribution in [0.15, 0.2) is 58.1 Å². The van der Waals surface area contributed by atoms with Crippen molar-refractivity contribution >= 4 is 26.8 Å². The first-order valence-electron chi connectivity index (χ1n) is 6.90. The Balaban J connectivity index is 2.28. The van der Waals surface area contributed by atoms with E-state index in [4.69, 9.17) is 4.74 Å². The minimum absolute atomic E-state index is 0.0479. The van der Waals surface area contributed by atoms with Gasteiger partial charge in [0, 0.05) is 24.5 Å². The molecule has 2 heterocycles. The van der Waals surface area contributed by atoms with Gasteiger partial charge in [0.05, 0.1) is 23.1 Å². The highest BCUT2D eigenvalue weighted by Gasteiger charge is 2.14. The summed E-state index contributed by atoms with van der Waals surface area (Å²) < 4.78 is 7.99. The molecule has 5 heteroatoms. The van der Waals surface area contributed by atoms with Gasteiger partial charge in [0.1, 0.15) is 5.75 Å². The predicted molar refractivity (Wildman–Crippen MR) is 90.5 cm³/mol. The quantitative estimate of drug-likeness (QED) is 0.715. The van der Waals surface area contributed by atoms with Gasteiger partial charge < -0.3 is 9.30 Å². The summed E-state index contributed by atoms with van der Waals surface area (Å²) in [5.74, 6) is 0.699. The third kappa shape index (κ3) is 2.52. The molecule has 1 unspecified atom stereocenters. The third-order valence-corrected chi connectivity index (χ3v) is 4.38. The predicted octanol–water partition coefficient (Wildman–Crippen LogP) is 3.78. The number of pyridine rings is 2. The molecule has 22 heavy (non-hydrogen) atoms.